The van der Waals surface area contributed by atoms with Crippen LogP contribution in [0.3, 0.4) is 0 Å². The van der Waals surface area contributed by atoms with Gasteiger partial charge in [-0.15, -0.1) is 0 Å². The van der Waals surface area contributed by atoms with Crippen LogP contribution in [0.1, 0.15) is 31.7 Å². The molecule has 3 heteroatoms. The molecule has 0 bridgehead atoms. The first kappa shape index (κ1) is 10.8. The summed E-state index contributed by atoms with van der Waals surface area (Å²) < 4.78 is 0. The van der Waals surface area contributed by atoms with Gasteiger partial charge in [0.15, 0.2) is 0 Å². The average Bonchev–Trinajstić information content (AvgIpc) is 2.64. The summed E-state index contributed by atoms with van der Waals surface area (Å²) >= 11 is 0. The zero-order valence-corrected chi connectivity index (χ0v) is 9.53. The van der Waals surface area contributed by atoms with Gasteiger partial charge in [0.25, 0.3) is 0 Å². The van der Waals surface area contributed by atoms with Crippen LogP contribution in [0.15, 0.2) is 18.2 Å². The van der Waals surface area contributed by atoms with E-state index in [1.165, 1.54) is 19.3 Å². The van der Waals surface area contributed by atoms with Gasteiger partial charge >= 0.3 is 0 Å². The fourth-order valence-electron chi connectivity index (χ4n) is 2.33. The summed E-state index contributed by atoms with van der Waals surface area (Å²) in [6.07, 6.45) is 3.74. The summed E-state index contributed by atoms with van der Waals surface area (Å²) in [7, 11) is 0. The van der Waals surface area contributed by atoms with Gasteiger partial charge in [0.1, 0.15) is 6.07 Å². The fourth-order valence-corrected chi connectivity index (χ4v) is 2.33. The monoisotopic (exact) mass is 215 g/mol. The van der Waals surface area contributed by atoms with E-state index < -0.39 is 0 Å². The molecule has 1 aliphatic rings. The number of hydrogen-bond donors (Lipinski definition) is 2. The van der Waals surface area contributed by atoms with E-state index in [1.54, 1.807) is 6.07 Å². The van der Waals surface area contributed by atoms with Crippen LogP contribution in [0.2, 0.25) is 0 Å². The van der Waals surface area contributed by atoms with Crippen LogP contribution in [0.4, 0.5) is 11.4 Å². The Labute approximate surface area is 96.3 Å². The van der Waals surface area contributed by atoms with Crippen molar-refractivity contribution in [2.75, 3.05) is 11.1 Å². The lowest BCUT2D eigenvalue weighted by atomic mass is 10.1. The van der Waals surface area contributed by atoms with E-state index in [-0.39, 0.29) is 0 Å². The molecule has 2 atom stereocenters. The van der Waals surface area contributed by atoms with Crippen molar-refractivity contribution in [3.63, 3.8) is 0 Å². The maximum Gasteiger partial charge on any atom is 0.101 e. The molecule has 0 aromatic heterocycles. The highest BCUT2D eigenvalue weighted by Gasteiger charge is 2.20. The van der Waals surface area contributed by atoms with E-state index in [9.17, 15) is 0 Å². The minimum Gasteiger partial charge on any atom is -0.398 e. The van der Waals surface area contributed by atoms with Crippen molar-refractivity contribution in [1.82, 2.24) is 0 Å². The summed E-state index contributed by atoms with van der Waals surface area (Å²) in [5, 5.41) is 12.3. The van der Waals surface area contributed by atoms with Gasteiger partial charge in [-0.25, -0.2) is 0 Å². The molecule has 2 unspecified atom stereocenters. The molecule has 0 heterocycles. The number of anilines is 2. The number of nitrogen functional groups attached to an aromatic ring is 1. The Balaban J connectivity index is 2.05. The second kappa shape index (κ2) is 4.44. The van der Waals surface area contributed by atoms with Crippen molar-refractivity contribution in [3.05, 3.63) is 23.8 Å². The molecule has 1 fully saturated rings. The Morgan fingerprint density at radius 1 is 1.44 bits per heavy atom. The molecule has 0 radical (unpaired) electrons. The zero-order valence-electron chi connectivity index (χ0n) is 9.53. The molecule has 1 aromatic carbocycles. The first-order valence-corrected chi connectivity index (χ1v) is 5.75. The molecule has 0 aliphatic heterocycles. The first-order valence-electron chi connectivity index (χ1n) is 5.75. The second-order valence-electron chi connectivity index (χ2n) is 4.67. The van der Waals surface area contributed by atoms with E-state index >= 15 is 0 Å². The molecule has 3 N–H and O–H groups in total. The Morgan fingerprint density at radius 2 is 2.25 bits per heavy atom. The van der Waals surface area contributed by atoms with Gasteiger partial charge in [-0.05, 0) is 43.4 Å². The van der Waals surface area contributed by atoms with Gasteiger partial charge in [0.2, 0.25) is 0 Å². The van der Waals surface area contributed by atoms with E-state index in [1.807, 2.05) is 12.1 Å². The number of rotatable bonds is 2. The second-order valence-corrected chi connectivity index (χ2v) is 4.67. The van der Waals surface area contributed by atoms with Crippen molar-refractivity contribution in [2.24, 2.45) is 5.92 Å². The predicted molar refractivity (Wildman–Crippen MR) is 66.0 cm³/mol. The van der Waals surface area contributed by atoms with E-state index in [2.05, 4.69) is 18.3 Å². The highest BCUT2D eigenvalue weighted by atomic mass is 14.9. The topological polar surface area (TPSA) is 61.8 Å². The molecular formula is C13H17N3. The van der Waals surface area contributed by atoms with Gasteiger partial charge in [-0.1, -0.05) is 6.92 Å². The van der Waals surface area contributed by atoms with Crippen molar-refractivity contribution in [1.29, 1.82) is 5.26 Å². The molecule has 0 amide bonds. The minimum absolute atomic E-state index is 0.547. The maximum absolute atomic E-state index is 8.78. The summed E-state index contributed by atoms with van der Waals surface area (Å²) in [5.74, 6) is 0.813. The quantitative estimate of drug-likeness (QED) is 0.746. The van der Waals surface area contributed by atoms with Crippen LogP contribution >= 0.6 is 0 Å². The molecule has 84 valence electrons. The standard InChI is InChI=1S/C13H17N3/c1-9-2-4-11(6-9)16-12-5-3-10(8-14)13(15)7-12/h3,5,7,9,11,16H,2,4,6,15H2,1H3. The summed E-state index contributed by atoms with van der Waals surface area (Å²) in [4.78, 5) is 0. The molecule has 0 spiro atoms. The summed E-state index contributed by atoms with van der Waals surface area (Å²) in [6.45, 7) is 2.29. The van der Waals surface area contributed by atoms with Gasteiger partial charge in [0, 0.05) is 11.7 Å². The third-order valence-electron chi connectivity index (χ3n) is 3.24. The van der Waals surface area contributed by atoms with E-state index in [0.717, 1.165) is 11.6 Å². The lowest BCUT2D eigenvalue weighted by Crippen LogP contribution is -2.15. The van der Waals surface area contributed by atoms with Crippen LogP contribution in [0.5, 0.6) is 0 Å². The Kier molecular flexibility index (Phi) is 3.00. The maximum atomic E-state index is 8.78. The molecule has 1 aromatic rings. The number of nitrogens with zero attached hydrogens (tertiary/aromatic N) is 1. The van der Waals surface area contributed by atoms with Gasteiger partial charge in [0.05, 0.1) is 11.3 Å². The predicted octanol–water partition coefficient (Wildman–Crippen LogP) is 2.74. The highest BCUT2D eigenvalue weighted by molar-refractivity contribution is 5.62. The SMILES string of the molecule is CC1CCC(Nc2ccc(C#N)c(N)c2)C1. The number of benzene rings is 1. The molecule has 2 rings (SSSR count). The summed E-state index contributed by atoms with van der Waals surface area (Å²) in [6, 6.07) is 8.18. The highest BCUT2D eigenvalue weighted by Crippen LogP contribution is 2.28. The first-order chi connectivity index (χ1) is 7.69. The third-order valence-corrected chi connectivity index (χ3v) is 3.24. The largest absolute Gasteiger partial charge is 0.398 e. The van der Waals surface area contributed by atoms with Crippen molar-refractivity contribution in [3.8, 4) is 6.07 Å². The Morgan fingerprint density at radius 3 is 2.81 bits per heavy atom. The Bertz CT molecular complexity index is 420. The van der Waals surface area contributed by atoms with E-state index in [0.29, 0.717) is 17.3 Å². The number of nitriles is 1. The lowest BCUT2D eigenvalue weighted by Gasteiger charge is -2.14. The van der Waals surface area contributed by atoms with E-state index in [4.69, 9.17) is 11.0 Å². The normalized spacial score (nSPS) is 24.0. The minimum atomic E-state index is 0.547. The lowest BCUT2D eigenvalue weighted by molar-refractivity contribution is 0.602. The molecule has 1 saturated carbocycles. The molecule has 3 nitrogen and oxygen atoms in total. The van der Waals surface area contributed by atoms with Crippen LogP contribution in [0.25, 0.3) is 0 Å². The Hall–Kier alpha value is -1.69. The molecule has 16 heavy (non-hydrogen) atoms. The number of nitrogens with two attached hydrogens (primary N) is 1. The van der Waals surface area contributed by atoms with Crippen molar-refractivity contribution in [2.45, 2.75) is 32.2 Å². The van der Waals surface area contributed by atoms with Gasteiger partial charge in [-0.3, -0.25) is 0 Å². The van der Waals surface area contributed by atoms with Crippen LogP contribution in [-0.2, 0) is 0 Å². The third kappa shape index (κ3) is 2.27. The summed E-state index contributed by atoms with van der Waals surface area (Å²) in [5.41, 5.74) is 7.90. The molecule has 0 saturated heterocycles. The molecule has 1 aliphatic carbocycles. The average molecular weight is 215 g/mol. The van der Waals surface area contributed by atoms with Gasteiger partial charge in [-0.2, -0.15) is 5.26 Å². The van der Waals surface area contributed by atoms with Crippen LogP contribution in [-0.4, -0.2) is 6.04 Å². The van der Waals surface area contributed by atoms with Crippen molar-refractivity contribution >= 4 is 11.4 Å². The number of nitrogens with one attached hydrogen (secondary N) is 1. The van der Waals surface area contributed by atoms with Crippen LogP contribution in [0, 0.1) is 17.2 Å². The zero-order chi connectivity index (χ0) is 11.5. The fraction of sp³-hybridized carbons (Fsp3) is 0.462. The smallest absolute Gasteiger partial charge is 0.101 e. The number of hydrogen-bond acceptors (Lipinski definition) is 3. The van der Waals surface area contributed by atoms with Crippen LogP contribution < -0.4 is 11.1 Å². The van der Waals surface area contributed by atoms with Gasteiger partial charge < -0.3 is 11.1 Å². The van der Waals surface area contributed by atoms with Crippen molar-refractivity contribution < 1.29 is 0 Å². The molecular weight excluding hydrogens is 198 g/mol.